The lowest BCUT2D eigenvalue weighted by Crippen LogP contribution is -1.84. The Labute approximate surface area is 146 Å². The lowest BCUT2D eigenvalue weighted by atomic mass is 10.1. The molecule has 0 aliphatic carbocycles. The van der Waals surface area contributed by atoms with Crippen molar-refractivity contribution in [1.29, 1.82) is 0 Å². The monoisotopic (exact) mass is 344 g/mol. The van der Waals surface area contributed by atoms with Gasteiger partial charge in [0.05, 0.1) is 23.0 Å². The van der Waals surface area contributed by atoms with Gasteiger partial charge in [-0.05, 0) is 12.1 Å². The molecule has 0 spiro atoms. The average molecular weight is 344 g/mol. The van der Waals surface area contributed by atoms with Crippen molar-refractivity contribution in [2.75, 3.05) is 0 Å². The molecule has 4 aromatic heterocycles. The van der Waals surface area contributed by atoms with E-state index in [-0.39, 0.29) is 0 Å². The Balaban J connectivity index is 1.74. The predicted octanol–water partition coefficient (Wildman–Crippen LogP) is 3.91. The molecule has 0 saturated heterocycles. The van der Waals surface area contributed by atoms with Gasteiger partial charge in [-0.25, -0.2) is 9.50 Å². The number of aromatic nitrogens is 6. The van der Waals surface area contributed by atoms with Crippen LogP contribution in [0.3, 0.4) is 0 Å². The standard InChI is InChI=1S/C18H12N6S/c1-2-6-12(7-3-1)15-16(17-19-11-20-23-17)25-18(22-15)13-10-21-24-9-5-4-8-14(13)24/h1-11H,(H,19,20,23). The van der Waals surface area contributed by atoms with E-state index in [0.29, 0.717) is 0 Å². The molecule has 0 radical (unpaired) electrons. The average Bonchev–Trinajstić information content (AvgIpc) is 3.40. The summed E-state index contributed by atoms with van der Waals surface area (Å²) in [7, 11) is 0. The molecule has 0 aliphatic heterocycles. The maximum absolute atomic E-state index is 4.91. The van der Waals surface area contributed by atoms with Crippen LogP contribution in [0, 0.1) is 0 Å². The van der Waals surface area contributed by atoms with Crippen molar-refractivity contribution in [2.24, 2.45) is 0 Å². The summed E-state index contributed by atoms with van der Waals surface area (Å²) in [4.78, 5) is 8.96. The summed E-state index contributed by atoms with van der Waals surface area (Å²) in [5.74, 6) is 0.721. The molecule has 1 aromatic carbocycles. The lowest BCUT2D eigenvalue weighted by molar-refractivity contribution is 0.961. The van der Waals surface area contributed by atoms with Gasteiger partial charge in [0.1, 0.15) is 16.2 Å². The highest BCUT2D eigenvalue weighted by atomic mass is 32.1. The second-order valence-electron chi connectivity index (χ2n) is 5.49. The number of benzene rings is 1. The maximum Gasteiger partial charge on any atom is 0.173 e. The number of H-pyrrole nitrogens is 1. The number of rotatable bonds is 3. The third-order valence-corrected chi connectivity index (χ3v) is 5.06. The smallest absolute Gasteiger partial charge is 0.173 e. The molecular weight excluding hydrogens is 332 g/mol. The largest absolute Gasteiger partial charge is 0.327 e. The van der Waals surface area contributed by atoms with Crippen LogP contribution in [0.5, 0.6) is 0 Å². The fraction of sp³-hybridized carbons (Fsp3) is 0. The van der Waals surface area contributed by atoms with Crippen LogP contribution < -0.4 is 0 Å². The van der Waals surface area contributed by atoms with Gasteiger partial charge in [0.25, 0.3) is 0 Å². The summed E-state index contributed by atoms with van der Waals surface area (Å²) in [6.07, 6.45) is 5.37. The van der Waals surface area contributed by atoms with Gasteiger partial charge in [-0.15, -0.1) is 21.5 Å². The zero-order valence-electron chi connectivity index (χ0n) is 13.0. The number of fused-ring (bicyclic) bond motifs is 1. The minimum absolute atomic E-state index is 0.721. The first-order valence-electron chi connectivity index (χ1n) is 7.75. The van der Waals surface area contributed by atoms with Crippen LogP contribution in [0.25, 0.3) is 38.0 Å². The number of nitrogens with one attached hydrogen (secondary N) is 1. The fourth-order valence-corrected chi connectivity index (χ4v) is 3.86. The number of pyridine rings is 1. The van der Waals surface area contributed by atoms with E-state index in [0.717, 1.165) is 38.0 Å². The Morgan fingerprint density at radius 2 is 1.88 bits per heavy atom. The summed E-state index contributed by atoms with van der Waals surface area (Å²) in [6, 6.07) is 16.1. The van der Waals surface area contributed by atoms with E-state index in [1.165, 1.54) is 0 Å². The highest BCUT2D eigenvalue weighted by Gasteiger charge is 2.19. The van der Waals surface area contributed by atoms with Crippen molar-refractivity contribution in [1.82, 2.24) is 29.8 Å². The van der Waals surface area contributed by atoms with E-state index in [9.17, 15) is 0 Å². The Kier molecular flexibility index (Phi) is 3.17. The molecule has 0 atom stereocenters. The second-order valence-corrected chi connectivity index (χ2v) is 6.49. The van der Waals surface area contributed by atoms with Crippen molar-refractivity contribution >= 4 is 16.9 Å². The Bertz CT molecular complexity index is 1140. The second kappa shape index (κ2) is 5.64. The molecule has 0 fully saturated rings. The zero-order chi connectivity index (χ0) is 16.6. The molecule has 120 valence electrons. The van der Waals surface area contributed by atoms with Crippen molar-refractivity contribution in [3.63, 3.8) is 0 Å². The van der Waals surface area contributed by atoms with Gasteiger partial charge in [-0.1, -0.05) is 36.4 Å². The van der Waals surface area contributed by atoms with Gasteiger partial charge in [0.15, 0.2) is 5.82 Å². The van der Waals surface area contributed by atoms with E-state index in [1.54, 1.807) is 17.7 Å². The van der Waals surface area contributed by atoms with Gasteiger partial charge in [0.2, 0.25) is 0 Å². The Hall–Kier alpha value is -3.32. The molecule has 0 bridgehead atoms. The van der Waals surface area contributed by atoms with Gasteiger partial charge < -0.3 is 4.98 Å². The van der Waals surface area contributed by atoms with Crippen molar-refractivity contribution in [3.8, 4) is 32.5 Å². The van der Waals surface area contributed by atoms with E-state index in [4.69, 9.17) is 4.98 Å². The van der Waals surface area contributed by atoms with Crippen LogP contribution in [0.2, 0.25) is 0 Å². The Morgan fingerprint density at radius 1 is 1.00 bits per heavy atom. The van der Waals surface area contributed by atoms with E-state index < -0.39 is 0 Å². The molecular formula is C18H12N6S. The van der Waals surface area contributed by atoms with E-state index in [1.807, 2.05) is 53.3 Å². The molecule has 6 nitrogen and oxygen atoms in total. The maximum atomic E-state index is 4.91. The quantitative estimate of drug-likeness (QED) is 0.539. The van der Waals surface area contributed by atoms with E-state index in [2.05, 4.69) is 32.4 Å². The summed E-state index contributed by atoms with van der Waals surface area (Å²) in [5, 5.41) is 13.4. The van der Waals surface area contributed by atoms with Crippen LogP contribution in [-0.2, 0) is 0 Å². The van der Waals surface area contributed by atoms with Crippen molar-refractivity contribution < 1.29 is 0 Å². The summed E-state index contributed by atoms with van der Waals surface area (Å²) in [6.45, 7) is 0. The zero-order valence-corrected chi connectivity index (χ0v) is 13.8. The van der Waals surface area contributed by atoms with Gasteiger partial charge >= 0.3 is 0 Å². The first-order valence-corrected chi connectivity index (χ1v) is 8.57. The highest BCUT2D eigenvalue weighted by molar-refractivity contribution is 7.19. The van der Waals surface area contributed by atoms with Crippen molar-refractivity contribution in [2.45, 2.75) is 0 Å². The molecule has 5 aromatic rings. The topological polar surface area (TPSA) is 71.8 Å². The molecule has 1 N–H and O–H groups in total. The van der Waals surface area contributed by atoms with Gasteiger partial charge in [-0.3, -0.25) is 0 Å². The van der Waals surface area contributed by atoms with E-state index >= 15 is 0 Å². The molecule has 7 heteroatoms. The number of hydrogen-bond donors (Lipinski definition) is 1. The number of hydrogen-bond acceptors (Lipinski definition) is 5. The Morgan fingerprint density at radius 3 is 2.72 bits per heavy atom. The minimum atomic E-state index is 0.721. The number of thiazole rings is 1. The molecule has 0 amide bonds. The predicted molar refractivity (Wildman–Crippen MR) is 97.1 cm³/mol. The lowest BCUT2D eigenvalue weighted by Gasteiger charge is -1.98. The summed E-state index contributed by atoms with van der Waals surface area (Å²) >= 11 is 1.59. The molecule has 25 heavy (non-hydrogen) atoms. The first-order chi connectivity index (χ1) is 12.4. The highest BCUT2D eigenvalue weighted by Crippen LogP contribution is 2.39. The molecule has 0 unspecified atom stereocenters. The van der Waals surface area contributed by atoms with Crippen molar-refractivity contribution in [3.05, 3.63) is 67.3 Å². The van der Waals surface area contributed by atoms with Crippen LogP contribution in [0.15, 0.2) is 67.3 Å². The summed E-state index contributed by atoms with van der Waals surface area (Å²) < 4.78 is 1.85. The molecule has 4 heterocycles. The summed E-state index contributed by atoms with van der Waals surface area (Å²) in [5.41, 5.74) is 3.98. The minimum Gasteiger partial charge on any atom is -0.327 e. The van der Waals surface area contributed by atoms with Crippen LogP contribution >= 0.6 is 11.3 Å². The van der Waals surface area contributed by atoms with Crippen LogP contribution in [-0.4, -0.2) is 29.8 Å². The number of nitrogens with zero attached hydrogens (tertiary/aromatic N) is 5. The molecule has 5 rings (SSSR count). The fourth-order valence-electron chi connectivity index (χ4n) is 2.80. The van der Waals surface area contributed by atoms with Gasteiger partial charge in [0, 0.05) is 11.8 Å². The van der Waals surface area contributed by atoms with Crippen LogP contribution in [0.1, 0.15) is 0 Å². The SMILES string of the molecule is c1ccc(-c2nc(-c3cnn4ccccc34)sc2-c2nnc[nH]2)cc1. The molecule has 0 aliphatic rings. The molecule has 0 saturated carbocycles. The number of aromatic amines is 1. The third kappa shape index (κ3) is 2.33. The first kappa shape index (κ1) is 14.1. The van der Waals surface area contributed by atoms with Gasteiger partial charge in [-0.2, -0.15) is 5.10 Å². The van der Waals surface area contributed by atoms with Crippen LogP contribution in [0.4, 0.5) is 0 Å². The normalized spacial score (nSPS) is 11.2. The third-order valence-electron chi connectivity index (χ3n) is 3.96.